The Bertz CT molecular complexity index is 560. The van der Waals surface area contributed by atoms with Crippen molar-refractivity contribution in [2.45, 2.75) is 26.6 Å². The molecule has 0 radical (unpaired) electrons. The molecule has 0 unspecified atom stereocenters. The SMILES string of the molecule is C/C(=C(/c1ccccc1)[Si](C)(C)C)c1ccccc1. The van der Waals surface area contributed by atoms with Crippen LogP contribution in [0.4, 0.5) is 0 Å². The third kappa shape index (κ3) is 3.24. The Morgan fingerprint density at radius 2 is 1.11 bits per heavy atom. The van der Waals surface area contributed by atoms with Crippen molar-refractivity contribution >= 4 is 18.8 Å². The fourth-order valence-electron chi connectivity index (χ4n) is 2.65. The summed E-state index contributed by atoms with van der Waals surface area (Å²) in [5, 5.41) is 1.55. The molecular formula is C18H22Si. The summed E-state index contributed by atoms with van der Waals surface area (Å²) in [6.07, 6.45) is 0. The molecule has 0 aliphatic carbocycles. The largest absolute Gasteiger partial charge is 0.0787 e. The molecule has 2 rings (SSSR count). The molecule has 0 heterocycles. The Morgan fingerprint density at radius 3 is 1.53 bits per heavy atom. The lowest BCUT2D eigenvalue weighted by Gasteiger charge is -2.25. The predicted molar refractivity (Wildman–Crippen MR) is 88.7 cm³/mol. The highest BCUT2D eigenvalue weighted by Crippen LogP contribution is 2.33. The maximum atomic E-state index is 2.42. The number of hydrogen-bond acceptors (Lipinski definition) is 0. The average Bonchev–Trinajstić information content (AvgIpc) is 2.39. The van der Waals surface area contributed by atoms with Crippen LogP contribution in [0.15, 0.2) is 60.7 Å². The van der Waals surface area contributed by atoms with Crippen LogP contribution in [0.1, 0.15) is 18.1 Å². The van der Waals surface area contributed by atoms with Crippen LogP contribution in [0.25, 0.3) is 10.8 Å². The second-order valence-electron chi connectivity index (χ2n) is 5.98. The first-order chi connectivity index (χ1) is 9.00. The average molecular weight is 266 g/mol. The standard InChI is InChI=1S/C18H22Si/c1-15(16-11-7-5-8-12-16)18(19(2,3)4)17-13-9-6-10-14-17/h5-14H,1-4H3/b18-15+. The minimum absolute atomic E-state index is 1.34. The Hall–Kier alpha value is -1.60. The van der Waals surface area contributed by atoms with Crippen molar-refractivity contribution in [2.75, 3.05) is 0 Å². The minimum atomic E-state index is -1.39. The molecule has 0 atom stereocenters. The molecule has 2 aromatic carbocycles. The van der Waals surface area contributed by atoms with Gasteiger partial charge in [0.2, 0.25) is 0 Å². The molecule has 98 valence electrons. The van der Waals surface area contributed by atoms with Crippen molar-refractivity contribution in [1.82, 2.24) is 0 Å². The van der Waals surface area contributed by atoms with Gasteiger partial charge in [0, 0.05) is 0 Å². The van der Waals surface area contributed by atoms with E-state index in [2.05, 4.69) is 87.2 Å². The van der Waals surface area contributed by atoms with Gasteiger partial charge in [-0.3, -0.25) is 0 Å². The lowest BCUT2D eigenvalue weighted by Crippen LogP contribution is -2.23. The first-order valence-electron chi connectivity index (χ1n) is 6.82. The van der Waals surface area contributed by atoms with Crippen LogP contribution in [0, 0.1) is 0 Å². The van der Waals surface area contributed by atoms with E-state index in [-0.39, 0.29) is 0 Å². The molecular weight excluding hydrogens is 244 g/mol. The quantitative estimate of drug-likeness (QED) is 0.508. The van der Waals surface area contributed by atoms with Crippen molar-refractivity contribution in [2.24, 2.45) is 0 Å². The molecule has 0 aromatic heterocycles. The van der Waals surface area contributed by atoms with Crippen molar-refractivity contribution in [3.8, 4) is 0 Å². The molecule has 0 fully saturated rings. The van der Waals surface area contributed by atoms with Gasteiger partial charge < -0.3 is 0 Å². The van der Waals surface area contributed by atoms with Crippen molar-refractivity contribution < 1.29 is 0 Å². The van der Waals surface area contributed by atoms with Gasteiger partial charge in [0.25, 0.3) is 0 Å². The number of allylic oxidation sites excluding steroid dienone is 1. The van der Waals surface area contributed by atoms with Gasteiger partial charge in [0.15, 0.2) is 0 Å². The van der Waals surface area contributed by atoms with E-state index in [9.17, 15) is 0 Å². The van der Waals surface area contributed by atoms with Gasteiger partial charge >= 0.3 is 0 Å². The number of rotatable bonds is 3. The highest BCUT2D eigenvalue weighted by atomic mass is 28.3. The molecule has 19 heavy (non-hydrogen) atoms. The van der Waals surface area contributed by atoms with Crippen LogP contribution < -0.4 is 0 Å². The fourth-order valence-corrected chi connectivity index (χ4v) is 4.95. The van der Waals surface area contributed by atoms with Crippen LogP contribution in [0.5, 0.6) is 0 Å². The molecule has 0 N–H and O–H groups in total. The zero-order chi connectivity index (χ0) is 13.9. The first kappa shape index (κ1) is 13.8. The number of hydrogen-bond donors (Lipinski definition) is 0. The van der Waals surface area contributed by atoms with Gasteiger partial charge in [-0.15, -0.1) is 0 Å². The van der Waals surface area contributed by atoms with E-state index >= 15 is 0 Å². The molecule has 0 saturated heterocycles. The van der Waals surface area contributed by atoms with Gasteiger partial charge in [-0.05, 0) is 28.8 Å². The fraction of sp³-hybridized carbons (Fsp3) is 0.222. The Morgan fingerprint density at radius 1 is 0.684 bits per heavy atom. The van der Waals surface area contributed by atoms with E-state index in [4.69, 9.17) is 0 Å². The maximum Gasteiger partial charge on any atom is 0.0787 e. The van der Waals surface area contributed by atoms with Gasteiger partial charge in [-0.1, -0.05) is 80.3 Å². The molecule has 0 aliphatic heterocycles. The Labute approximate surface area is 117 Å². The molecule has 0 nitrogen and oxygen atoms in total. The van der Waals surface area contributed by atoms with E-state index < -0.39 is 8.07 Å². The molecule has 0 bridgehead atoms. The topological polar surface area (TPSA) is 0 Å². The lowest BCUT2D eigenvalue weighted by molar-refractivity contribution is 1.54. The zero-order valence-corrected chi connectivity index (χ0v) is 13.3. The Balaban J connectivity index is 2.63. The van der Waals surface area contributed by atoms with Gasteiger partial charge in [-0.2, -0.15) is 0 Å². The second kappa shape index (κ2) is 5.58. The summed E-state index contributed by atoms with van der Waals surface area (Å²) in [5.74, 6) is 0. The summed E-state index contributed by atoms with van der Waals surface area (Å²) >= 11 is 0. The summed E-state index contributed by atoms with van der Waals surface area (Å²) in [7, 11) is -1.39. The zero-order valence-electron chi connectivity index (χ0n) is 12.3. The van der Waals surface area contributed by atoms with Gasteiger partial charge in [0.05, 0.1) is 8.07 Å². The maximum absolute atomic E-state index is 2.42. The van der Waals surface area contributed by atoms with Crippen LogP contribution >= 0.6 is 0 Å². The monoisotopic (exact) mass is 266 g/mol. The summed E-state index contributed by atoms with van der Waals surface area (Å²) < 4.78 is 0. The van der Waals surface area contributed by atoms with Crippen molar-refractivity contribution in [3.63, 3.8) is 0 Å². The molecule has 0 aliphatic rings. The summed E-state index contributed by atoms with van der Waals surface area (Å²) in [4.78, 5) is 0. The van der Waals surface area contributed by atoms with E-state index in [1.807, 2.05) is 0 Å². The normalized spacial score (nSPS) is 13.1. The number of benzene rings is 2. The molecule has 0 amide bonds. The van der Waals surface area contributed by atoms with Crippen LogP contribution in [-0.2, 0) is 0 Å². The first-order valence-corrected chi connectivity index (χ1v) is 10.3. The molecule has 0 saturated carbocycles. The van der Waals surface area contributed by atoms with E-state index in [1.54, 1.807) is 5.20 Å². The highest BCUT2D eigenvalue weighted by molar-refractivity contribution is 6.95. The Kier molecular flexibility index (Phi) is 4.06. The summed E-state index contributed by atoms with van der Waals surface area (Å²) in [6, 6.07) is 21.5. The summed E-state index contributed by atoms with van der Waals surface area (Å²) in [6.45, 7) is 9.52. The lowest BCUT2D eigenvalue weighted by atomic mass is 10.0. The second-order valence-corrected chi connectivity index (χ2v) is 11.0. The minimum Gasteiger partial charge on any atom is -0.0656 e. The predicted octanol–water partition coefficient (Wildman–Crippen LogP) is 5.49. The van der Waals surface area contributed by atoms with E-state index in [1.165, 1.54) is 16.7 Å². The summed E-state index contributed by atoms with van der Waals surface area (Å²) in [5.41, 5.74) is 4.14. The highest BCUT2D eigenvalue weighted by Gasteiger charge is 2.23. The molecule has 2 aromatic rings. The molecule has 0 spiro atoms. The molecule has 1 heteroatoms. The van der Waals surface area contributed by atoms with E-state index in [0.717, 1.165) is 0 Å². The smallest absolute Gasteiger partial charge is 0.0656 e. The van der Waals surface area contributed by atoms with Gasteiger partial charge in [-0.25, -0.2) is 0 Å². The van der Waals surface area contributed by atoms with Gasteiger partial charge in [0.1, 0.15) is 0 Å². The van der Waals surface area contributed by atoms with Crippen molar-refractivity contribution in [1.29, 1.82) is 0 Å². The third-order valence-electron chi connectivity index (χ3n) is 3.39. The van der Waals surface area contributed by atoms with Crippen LogP contribution in [0.2, 0.25) is 19.6 Å². The van der Waals surface area contributed by atoms with E-state index in [0.29, 0.717) is 0 Å². The van der Waals surface area contributed by atoms with Crippen LogP contribution in [-0.4, -0.2) is 8.07 Å². The van der Waals surface area contributed by atoms with Crippen molar-refractivity contribution in [3.05, 3.63) is 71.8 Å². The third-order valence-corrected chi connectivity index (χ3v) is 5.56. The van der Waals surface area contributed by atoms with Crippen LogP contribution in [0.3, 0.4) is 0 Å².